The zero-order valence-corrected chi connectivity index (χ0v) is 22.6. The first-order chi connectivity index (χ1) is 15.5. The van der Waals surface area contributed by atoms with Crippen LogP contribution in [0.1, 0.15) is 45.7 Å². The summed E-state index contributed by atoms with van der Waals surface area (Å²) in [5, 5.41) is 3.48. The zero-order chi connectivity index (χ0) is 22.5. The molecule has 0 spiro atoms. The molecular weight excluding hydrogens is 529 g/mol. The molecule has 4 unspecified atom stereocenters. The third-order valence-electron chi connectivity index (χ3n) is 6.43. The number of aromatic nitrogens is 3. The number of imidazole rings is 1. The topological polar surface area (TPSA) is 70.8 Å². The third-order valence-corrected chi connectivity index (χ3v) is 6.43. The summed E-state index contributed by atoms with van der Waals surface area (Å²) in [6, 6.07) is 4.67. The van der Waals surface area contributed by atoms with Gasteiger partial charge < -0.3 is 24.4 Å². The maximum atomic E-state index is 5.84. The Labute approximate surface area is 214 Å². The van der Waals surface area contributed by atoms with Crippen LogP contribution >= 0.6 is 24.0 Å². The number of likely N-dealkylation sites (tertiary alicyclic amines) is 1. The number of nitrogens with one attached hydrogen (secondary N) is 1. The normalized spacial score (nSPS) is 26.1. The number of morpholine rings is 1. The fourth-order valence-electron chi connectivity index (χ4n) is 4.75. The van der Waals surface area contributed by atoms with E-state index in [0.717, 1.165) is 56.5 Å². The molecule has 0 aromatic carbocycles. The van der Waals surface area contributed by atoms with E-state index >= 15 is 0 Å². The van der Waals surface area contributed by atoms with Gasteiger partial charge in [0.1, 0.15) is 5.82 Å². The second-order valence-corrected chi connectivity index (χ2v) is 9.15. The lowest BCUT2D eigenvalue weighted by molar-refractivity contribution is -0.00545. The van der Waals surface area contributed by atoms with Crippen LogP contribution in [0.4, 0.5) is 5.82 Å². The van der Waals surface area contributed by atoms with Crippen LogP contribution in [0, 0.1) is 5.92 Å². The van der Waals surface area contributed by atoms with E-state index in [9.17, 15) is 0 Å². The van der Waals surface area contributed by atoms with Crippen LogP contribution < -0.4 is 10.2 Å². The molecule has 0 saturated carbocycles. The SMILES string of the molecule is CCNC(=NCc1ccc(N2CC(C)OC(C)C2)nc1)N1CCC(C)C(n2ccnc2)C1.I. The van der Waals surface area contributed by atoms with Gasteiger partial charge in [0.05, 0.1) is 31.1 Å². The Balaban J connectivity index is 0.00000306. The molecule has 4 atom stereocenters. The number of ether oxygens (including phenoxy) is 1. The van der Waals surface area contributed by atoms with Crippen molar-refractivity contribution in [3.05, 3.63) is 42.6 Å². The van der Waals surface area contributed by atoms with E-state index in [0.29, 0.717) is 18.5 Å². The summed E-state index contributed by atoms with van der Waals surface area (Å²) in [7, 11) is 0. The van der Waals surface area contributed by atoms with Crippen LogP contribution in [0.5, 0.6) is 0 Å². The number of rotatable bonds is 5. The summed E-state index contributed by atoms with van der Waals surface area (Å²) in [4.78, 5) is 18.6. The highest BCUT2D eigenvalue weighted by Gasteiger charge is 2.29. The van der Waals surface area contributed by atoms with Crippen LogP contribution in [-0.4, -0.2) is 70.3 Å². The number of guanidine groups is 1. The van der Waals surface area contributed by atoms with E-state index in [2.05, 4.69) is 70.7 Å². The van der Waals surface area contributed by atoms with Crippen LogP contribution in [-0.2, 0) is 11.3 Å². The van der Waals surface area contributed by atoms with Crippen molar-refractivity contribution in [3.63, 3.8) is 0 Å². The Hall–Kier alpha value is -1.88. The summed E-state index contributed by atoms with van der Waals surface area (Å²) in [5.74, 6) is 2.61. The van der Waals surface area contributed by atoms with E-state index < -0.39 is 0 Å². The molecule has 0 radical (unpaired) electrons. The molecule has 4 heterocycles. The highest BCUT2D eigenvalue weighted by molar-refractivity contribution is 14.0. The summed E-state index contributed by atoms with van der Waals surface area (Å²) in [6.45, 7) is 13.9. The Morgan fingerprint density at radius 1 is 1.18 bits per heavy atom. The van der Waals surface area contributed by atoms with Gasteiger partial charge >= 0.3 is 0 Å². The summed E-state index contributed by atoms with van der Waals surface area (Å²) in [6.07, 6.45) is 9.41. The number of aliphatic imine (C=N–C) groups is 1. The first-order valence-electron chi connectivity index (χ1n) is 11.9. The molecule has 2 saturated heterocycles. The molecule has 2 fully saturated rings. The quantitative estimate of drug-likeness (QED) is 0.339. The minimum Gasteiger partial charge on any atom is -0.372 e. The molecule has 2 aliphatic rings. The molecule has 8 nitrogen and oxygen atoms in total. The number of halogens is 1. The number of pyridine rings is 1. The first-order valence-corrected chi connectivity index (χ1v) is 11.9. The molecule has 0 bridgehead atoms. The average molecular weight is 568 g/mol. The number of piperidine rings is 1. The Morgan fingerprint density at radius 3 is 2.61 bits per heavy atom. The third kappa shape index (κ3) is 6.59. The smallest absolute Gasteiger partial charge is 0.194 e. The van der Waals surface area contributed by atoms with Crippen LogP contribution in [0.3, 0.4) is 0 Å². The molecule has 2 aromatic rings. The van der Waals surface area contributed by atoms with Gasteiger partial charge in [-0.25, -0.2) is 15.0 Å². The van der Waals surface area contributed by atoms with Gasteiger partial charge in [-0.05, 0) is 44.7 Å². The zero-order valence-electron chi connectivity index (χ0n) is 20.2. The highest BCUT2D eigenvalue weighted by Crippen LogP contribution is 2.27. The van der Waals surface area contributed by atoms with Gasteiger partial charge in [0.15, 0.2) is 5.96 Å². The molecule has 0 amide bonds. The molecule has 1 N–H and O–H groups in total. The predicted molar refractivity (Wildman–Crippen MR) is 143 cm³/mol. The van der Waals surface area contributed by atoms with E-state index in [4.69, 9.17) is 14.7 Å². The molecule has 9 heteroatoms. The second-order valence-electron chi connectivity index (χ2n) is 9.15. The van der Waals surface area contributed by atoms with Gasteiger partial charge in [0.2, 0.25) is 0 Å². The molecule has 0 aliphatic carbocycles. The maximum Gasteiger partial charge on any atom is 0.194 e. The fourth-order valence-corrected chi connectivity index (χ4v) is 4.75. The molecule has 182 valence electrons. The van der Waals surface area contributed by atoms with E-state index in [1.54, 1.807) is 0 Å². The second kappa shape index (κ2) is 12.0. The van der Waals surface area contributed by atoms with Gasteiger partial charge in [-0.1, -0.05) is 13.0 Å². The van der Waals surface area contributed by atoms with Gasteiger partial charge in [-0.15, -0.1) is 24.0 Å². The van der Waals surface area contributed by atoms with Crippen molar-refractivity contribution < 1.29 is 4.74 Å². The average Bonchev–Trinajstić information content (AvgIpc) is 3.31. The standard InChI is InChI=1S/C24H37N7O.HI/c1-5-26-24(29-10-8-18(2)22(16-29)30-11-9-25-17-30)28-13-21-6-7-23(27-12-21)31-14-19(3)32-20(4)15-31;/h6-7,9,11-12,17-20,22H,5,8,10,13-16H2,1-4H3,(H,26,28);1H. The van der Waals surface area contributed by atoms with Crippen molar-refractivity contribution in [3.8, 4) is 0 Å². The summed E-state index contributed by atoms with van der Waals surface area (Å²) < 4.78 is 8.07. The molecule has 33 heavy (non-hydrogen) atoms. The van der Waals surface area contributed by atoms with E-state index in [1.165, 1.54) is 0 Å². The van der Waals surface area contributed by atoms with Gasteiger partial charge in [-0.2, -0.15) is 0 Å². The van der Waals surface area contributed by atoms with E-state index in [-0.39, 0.29) is 36.2 Å². The lowest BCUT2D eigenvalue weighted by Crippen LogP contribution is -2.49. The largest absolute Gasteiger partial charge is 0.372 e. The first kappa shape index (κ1) is 25.7. The number of hydrogen-bond acceptors (Lipinski definition) is 5. The number of nitrogens with zero attached hydrogens (tertiary/aromatic N) is 6. The minimum absolute atomic E-state index is 0. The Kier molecular flexibility index (Phi) is 9.37. The maximum absolute atomic E-state index is 5.84. The molecule has 2 aromatic heterocycles. The van der Waals surface area contributed by atoms with Crippen molar-refractivity contribution in [2.45, 2.75) is 58.9 Å². The monoisotopic (exact) mass is 567 g/mol. The molecule has 2 aliphatic heterocycles. The van der Waals surface area contributed by atoms with Crippen molar-refractivity contribution in [2.24, 2.45) is 10.9 Å². The summed E-state index contributed by atoms with van der Waals surface area (Å²) >= 11 is 0. The van der Waals surface area contributed by atoms with Crippen LogP contribution in [0.15, 0.2) is 42.0 Å². The summed E-state index contributed by atoms with van der Waals surface area (Å²) in [5.41, 5.74) is 1.12. The van der Waals surface area contributed by atoms with Crippen molar-refractivity contribution in [2.75, 3.05) is 37.6 Å². The lowest BCUT2D eigenvalue weighted by Gasteiger charge is -2.39. The highest BCUT2D eigenvalue weighted by atomic mass is 127. The van der Waals surface area contributed by atoms with E-state index in [1.807, 2.05) is 18.7 Å². The van der Waals surface area contributed by atoms with Gasteiger partial charge in [-0.3, -0.25) is 0 Å². The Bertz CT molecular complexity index is 863. The van der Waals surface area contributed by atoms with Gasteiger partial charge in [0.25, 0.3) is 0 Å². The lowest BCUT2D eigenvalue weighted by atomic mass is 9.93. The number of anilines is 1. The van der Waals surface area contributed by atoms with Crippen molar-refractivity contribution in [1.82, 2.24) is 24.8 Å². The predicted octanol–water partition coefficient (Wildman–Crippen LogP) is 3.56. The van der Waals surface area contributed by atoms with Crippen LogP contribution in [0.25, 0.3) is 0 Å². The minimum atomic E-state index is 0. The van der Waals surface area contributed by atoms with Gasteiger partial charge in [0, 0.05) is 51.3 Å². The molecule has 4 rings (SSSR count). The number of hydrogen-bond donors (Lipinski definition) is 1. The van der Waals surface area contributed by atoms with Crippen molar-refractivity contribution >= 4 is 35.8 Å². The Morgan fingerprint density at radius 2 is 1.97 bits per heavy atom. The molecular formula is C24H38IN7O. The van der Waals surface area contributed by atoms with Crippen molar-refractivity contribution in [1.29, 1.82) is 0 Å². The fraction of sp³-hybridized carbons (Fsp3) is 0.625. The van der Waals surface area contributed by atoms with Crippen LogP contribution in [0.2, 0.25) is 0 Å².